The van der Waals surface area contributed by atoms with Crippen LogP contribution in [0.15, 0.2) is 48.5 Å². The first-order chi connectivity index (χ1) is 11.6. The number of nitrogens with zero attached hydrogens (tertiary/aromatic N) is 1. The maximum atomic E-state index is 11.1. The van der Waals surface area contributed by atoms with E-state index < -0.39 is 5.97 Å². The summed E-state index contributed by atoms with van der Waals surface area (Å²) in [6.45, 7) is 5.74. The van der Waals surface area contributed by atoms with E-state index in [4.69, 9.17) is 9.84 Å². The van der Waals surface area contributed by atoms with E-state index in [1.165, 1.54) is 5.56 Å². The number of aliphatic carboxylic acids is 1. The van der Waals surface area contributed by atoms with Gasteiger partial charge in [-0.05, 0) is 29.2 Å². The van der Waals surface area contributed by atoms with Crippen molar-refractivity contribution in [3.8, 4) is 11.1 Å². The van der Waals surface area contributed by atoms with Crippen LogP contribution < -0.4 is 0 Å². The van der Waals surface area contributed by atoms with Crippen molar-refractivity contribution < 1.29 is 14.6 Å². The van der Waals surface area contributed by atoms with E-state index in [1.807, 2.05) is 24.3 Å². The van der Waals surface area contributed by atoms with Crippen LogP contribution in [-0.2, 0) is 16.0 Å². The highest BCUT2D eigenvalue weighted by atomic mass is 16.5. The normalized spacial score (nSPS) is 16.7. The molecular formula is C20H23NO3. The number of benzene rings is 2. The number of hydrogen-bond donors (Lipinski definition) is 1. The van der Waals surface area contributed by atoms with Crippen LogP contribution in [-0.4, -0.2) is 42.3 Å². The largest absolute Gasteiger partial charge is 0.481 e. The molecular weight excluding hydrogens is 302 g/mol. The van der Waals surface area contributed by atoms with Gasteiger partial charge in [-0.1, -0.05) is 48.5 Å². The minimum absolute atomic E-state index is 0.0438. The summed E-state index contributed by atoms with van der Waals surface area (Å²) in [5.74, 6) is -0.806. The molecule has 1 saturated heterocycles. The average Bonchev–Trinajstić information content (AvgIpc) is 2.62. The van der Waals surface area contributed by atoms with Gasteiger partial charge in [0.25, 0.3) is 0 Å². The Balaban J connectivity index is 1.81. The van der Waals surface area contributed by atoms with Crippen molar-refractivity contribution in [3.63, 3.8) is 0 Å². The lowest BCUT2D eigenvalue weighted by molar-refractivity contribution is -0.136. The van der Waals surface area contributed by atoms with Gasteiger partial charge < -0.3 is 9.84 Å². The molecule has 0 radical (unpaired) electrons. The van der Waals surface area contributed by atoms with Gasteiger partial charge in [0.1, 0.15) is 0 Å². The van der Waals surface area contributed by atoms with Gasteiger partial charge in [0, 0.05) is 19.1 Å². The standard InChI is InChI=1S/C20H23NO3/c1-15(21-10-12-24-13-11-21)16-6-8-17(9-7-16)19-5-3-2-4-18(19)14-20(22)23/h2-9,15H,10-14H2,1H3,(H,22,23)/t15-/m0/s1. The summed E-state index contributed by atoms with van der Waals surface area (Å²) in [7, 11) is 0. The van der Waals surface area contributed by atoms with Crippen LogP contribution in [0.4, 0.5) is 0 Å². The van der Waals surface area contributed by atoms with Crippen LogP contribution in [0.1, 0.15) is 24.1 Å². The molecule has 0 unspecified atom stereocenters. The van der Waals surface area contributed by atoms with Crippen LogP contribution in [0.25, 0.3) is 11.1 Å². The maximum absolute atomic E-state index is 11.1. The second-order valence-corrected chi connectivity index (χ2v) is 6.17. The lowest BCUT2D eigenvalue weighted by Crippen LogP contribution is -2.37. The number of hydrogen-bond acceptors (Lipinski definition) is 3. The average molecular weight is 325 g/mol. The van der Waals surface area contributed by atoms with E-state index in [-0.39, 0.29) is 6.42 Å². The van der Waals surface area contributed by atoms with Crippen LogP contribution in [0, 0.1) is 0 Å². The summed E-state index contributed by atoms with van der Waals surface area (Å²) < 4.78 is 5.42. The Morgan fingerprint density at radius 2 is 1.79 bits per heavy atom. The highest BCUT2D eigenvalue weighted by Gasteiger charge is 2.18. The summed E-state index contributed by atoms with van der Waals surface area (Å²) in [5.41, 5.74) is 4.17. The number of carboxylic acids is 1. The highest BCUT2D eigenvalue weighted by molar-refractivity contribution is 5.76. The molecule has 0 aromatic heterocycles. The molecule has 4 heteroatoms. The summed E-state index contributed by atoms with van der Waals surface area (Å²) in [6, 6.07) is 16.5. The molecule has 1 aliphatic heterocycles. The number of ether oxygens (including phenoxy) is 1. The Kier molecular flexibility index (Phi) is 5.28. The highest BCUT2D eigenvalue weighted by Crippen LogP contribution is 2.27. The molecule has 0 aliphatic carbocycles. The van der Waals surface area contributed by atoms with Gasteiger partial charge in [-0.25, -0.2) is 0 Å². The van der Waals surface area contributed by atoms with E-state index in [0.29, 0.717) is 6.04 Å². The molecule has 4 nitrogen and oxygen atoms in total. The van der Waals surface area contributed by atoms with E-state index in [1.54, 1.807) is 0 Å². The van der Waals surface area contributed by atoms with Gasteiger partial charge in [0.2, 0.25) is 0 Å². The molecule has 2 aromatic carbocycles. The van der Waals surface area contributed by atoms with Gasteiger partial charge in [-0.3, -0.25) is 9.69 Å². The predicted octanol–water partition coefficient (Wildman–Crippen LogP) is 3.37. The van der Waals surface area contributed by atoms with E-state index >= 15 is 0 Å². The number of carboxylic acid groups (broad SMARTS) is 1. The first-order valence-corrected chi connectivity index (χ1v) is 8.37. The molecule has 0 saturated carbocycles. The second kappa shape index (κ2) is 7.60. The molecule has 1 N–H and O–H groups in total. The van der Waals surface area contributed by atoms with Crippen molar-refractivity contribution in [3.05, 3.63) is 59.7 Å². The van der Waals surface area contributed by atoms with Gasteiger partial charge in [-0.15, -0.1) is 0 Å². The zero-order chi connectivity index (χ0) is 16.9. The third-order valence-electron chi connectivity index (χ3n) is 4.66. The Bertz CT molecular complexity index is 690. The topological polar surface area (TPSA) is 49.8 Å². The van der Waals surface area contributed by atoms with E-state index in [0.717, 1.165) is 43.0 Å². The van der Waals surface area contributed by atoms with E-state index in [9.17, 15) is 4.79 Å². The maximum Gasteiger partial charge on any atom is 0.307 e. The Labute approximate surface area is 142 Å². The van der Waals surface area contributed by atoms with Crippen molar-refractivity contribution in [2.75, 3.05) is 26.3 Å². The first-order valence-electron chi connectivity index (χ1n) is 8.37. The zero-order valence-corrected chi connectivity index (χ0v) is 13.9. The van der Waals surface area contributed by atoms with Crippen molar-refractivity contribution >= 4 is 5.97 Å². The molecule has 1 heterocycles. The van der Waals surface area contributed by atoms with Crippen molar-refractivity contribution in [1.82, 2.24) is 4.90 Å². The fourth-order valence-electron chi connectivity index (χ4n) is 3.24. The molecule has 0 bridgehead atoms. The minimum atomic E-state index is -0.806. The quantitative estimate of drug-likeness (QED) is 0.916. The zero-order valence-electron chi connectivity index (χ0n) is 13.9. The van der Waals surface area contributed by atoms with Crippen LogP contribution in [0.5, 0.6) is 0 Å². The lowest BCUT2D eigenvalue weighted by Gasteiger charge is -2.32. The third kappa shape index (κ3) is 3.83. The number of carbonyl (C=O) groups is 1. The summed E-state index contributed by atoms with van der Waals surface area (Å²) >= 11 is 0. The summed E-state index contributed by atoms with van der Waals surface area (Å²) in [5, 5.41) is 9.08. The van der Waals surface area contributed by atoms with Crippen molar-refractivity contribution in [2.45, 2.75) is 19.4 Å². The SMILES string of the molecule is C[C@@H](c1ccc(-c2ccccc2CC(=O)O)cc1)N1CCOCC1. The molecule has 1 aliphatic rings. The smallest absolute Gasteiger partial charge is 0.307 e. The molecule has 0 amide bonds. The van der Waals surface area contributed by atoms with Gasteiger partial charge in [-0.2, -0.15) is 0 Å². The van der Waals surface area contributed by atoms with Crippen molar-refractivity contribution in [1.29, 1.82) is 0 Å². The summed E-state index contributed by atoms with van der Waals surface area (Å²) in [4.78, 5) is 13.5. The number of morpholine rings is 1. The minimum Gasteiger partial charge on any atom is -0.481 e. The van der Waals surface area contributed by atoms with Crippen molar-refractivity contribution in [2.24, 2.45) is 0 Å². The molecule has 24 heavy (non-hydrogen) atoms. The monoisotopic (exact) mass is 325 g/mol. The molecule has 126 valence electrons. The molecule has 1 fully saturated rings. The molecule has 2 aromatic rings. The first kappa shape index (κ1) is 16.7. The van der Waals surface area contributed by atoms with Gasteiger partial charge in [0.05, 0.1) is 19.6 Å². The van der Waals surface area contributed by atoms with Crippen LogP contribution in [0.3, 0.4) is 0 Å². The fraction of sp³-hybridized carbons (Fsp3) is 0.350. The van der Waals surface area contributed by atoms with E-state index in [2.05, 4.69) is 36.1 Å². The van der Waals surface area contributed by atoms with Gasteiger partial charge in [0.15, 0.2) is 0 Å². The molecule has 3 rings (SSSR count). The third-order valence-corrected chi connectivity index (χ3v) is 4.66. The lowest BCUT2D eigenvalue weighted by atomic mass is 9.95. The van der Waals surface area contributed by atoms with Gasteiger partial charge >= 0.3 is 5.97 Å². The Morgan fingerprint density at radius 1 is 1.12 bits per heavy atom. The molecule has 1 atom stereocenters. The fourth-order valence-corrected chi connectivity index (χ4v) is 3.24. The Morgan fingerprint density at radius 3 is 2.46 bits per heavy atom. The Hall–Kier alpha value is -2.17. The predicted molar refractivity (Wildman–Crippen MR) is 94.0 cm³/mol. The van der Waals surface area contributed by atoms with Crippen LogP contribution >= 0.6 is 0 Å². The second-order valence-electron chi connectivity index (χ2n) is 6.17. The summed E-state index contributed by atoms with van der Waals surface area (Å²) in [6.07, 6.45) is 0.0438. The van der Waals surface area contributed by atoms with Crippen LogP contribution in [0.2, 0.25) is 0 Å². The number of rotatable bonds is 5. The molecule has 0 spiro atoms.